The molecule has 1 amide bonds. The molecule has 1 aliphatic carbocycles. The first-order chi connectivity index (χ1) is 9.44. The predicted octanol–water partition coefficient (Wildman–Crippen LogP) is 2.15. The van der Waals surface area contributed by atoms with Gasteiger partial charge in [0.2, 0.25) is 0 Å². The average Bonchev–Trinajstić information content (AvgIpc) is 2.38. The molecule has 1 saturated carbocycles. The normalized spacial score (nSPS) is 28.9. The first kappa shape index (κ1) is 15.6. The minimum Gasteiger partial charge on any atom is -0.444 e. The highest BCUT2D eigenvalue weighted by molar-refractivity contribution is 5.68. The molecule has 1 N–H and O–H groups in total. The van der Waals surface area contributed by atoms with Crippen LogP contribution in [0, 0.1) is 0 Å². The van der Waals surface area contributed by atoms with Gasteiger partial charge in [0, 0.05) is 25.2 Å². The van der Waals surface area contributed by atoms with Gasteiger partial charge < -0.3 is 14.8 Å². The molecule has 0 aromatic rings. The van der Waals surface area contributed by atoms with Crippen LogP contribution in [0.4, 0.5) is 4.79 Å². The summed E-state index contributed by atoms with van der Waals surface area (Å²) in [7, 11) is 0. The fraction of sp³-hybridized carbons (Fsp3) is 0.933. The largest absolute Gasteiger partial charge is 0.444 e. The number of amides is 1. The SMILES string of the molecule is CC(C)(C)OC(=O)N[C@H]1CC[C@@H](N2CCOCC2)CC1. The van der Waals surface area contributed by atoms with E-state index in [4.69, 9.17) is 9.47 Å². The van der Waals surface area contributed by atoms with Crippen molar-refractivity contribution in [3.63, 3.8) is 0 Å². The lowest BCUT2D eigenvalue weighted by atomic mass is 9.90. The first-order valence-corrected chi connectivity index (χ1v) is 7.75. The van der Waals surface area contributed by atoms with E-state index in [-0.39, 0.29) is 12.1 Å². The van der Waals surface area contributed by atoms with Gasteiger partial charge in [0.1, 0.15) is 5.60 Å². The maximum Gasteiger partial charge on any atom is 0.407 e. The van der Waals surface area contributed by atoms with E-state index >= 15 is 0 Å². The number of morpholine rings is 1. The van der Waals surface area contributed by atoms with E-state index in [2.05, 4.69) is 10.2 Å². The molecular formula is C15H28N2O3. The summed E-state index contributed by atoms with van der Waals surface area (Å²) in [6.45, 7) is 9.49. The number of hydrogen-bond donors (Lipinski definition) is 1. The molecular weight excluding hydrogens is 256 g/mol. The summed E-state index contributed by atoms with van der Waals surface area (Å²) in [5.41, 5.74) is -0.422. The van der Waals surface area contributed by atoms with Gasteiger partial charge in [0.25, 0.3) is 0 Å². The van der Waals surface area contributed by atoms with Crippen LogP contribution >= 0.6 is 0 Å². The standard InChI is InChI=1S/C15H28N2O3/c1-15(2,3)20-14(18)16-12-4-6-13(7-5-12)17-8-10-19-11-9-17/h12-13H,4-11H2,1-3H3,(H,16,18)/t12-,13+. The maximum absolute atomic E-state index is 11.7. The number of nitrogens with zero attached hydrogens (tertiary/aromatic N) is 1. The smallest absolute Gasteiger partial charge is 0.407 e. The number of carbonyl (C=O) groups is 1. The molecule has 0 unspecified atom stereocenters. The average molecular weight is 284 g/mol. The van der Waals surface area contributed by atoms with Gasteiger partial charge >= 0.3 is 6.09 Å². The van der Waals surface area contributed by atoms with Gasteiger partial charge in [-0.1, -0.05) is 0 Å². The summed E-state index contributed by atoms with van der Waals surface area (Å²) < 4.78 is 10.7. The Morgan fingerprint density at radius 1 is 1.15 bits per heavy atom. The van der Waals surface area contributed by atoms with E-state index in [9.17, 15) is 4.79 Å². The number of rotatable bonds is 2. The van der Waals surface area contributed by atoms with Crippen molar-refractivity contribution in [1.29, 1.82) is 0 Å². The third-order valence-corrected chi connectivity index (χ3v) is 3.98. The summed E-state index contributed by atoms with van der Waals surface area (Å²) in [6.07, 6.45) is 4.11. The van der Waals surface area contributed by atoms with Crippen molar-refractivity contribution < 1.29 is 14.3 Å². The Bertz CT molecular complexity index is 314. The highest BCUT2D eigenvalue weighted by Crippen LogP contribution is 2.24. The third-order valence-electron chi connectivity index (χ3n) is 3.98. The number of nitrogens with one attached hydrogen (secondary N) is 1. The van der Waals surface area contributed by atoms with Crippen LogP contribution in [0.5, 0.6) is 0 Å². The van der Waals surface area contributed by atoms with Crippen molar-refractivity contribution in [3.05, 3.63) is 0 Å². The molecule has 116 valence electrons. The van der Waals surface area contributed by atoms with Gasteiger partial charge in [-0.05, 0) is 46.5 Å². The van der Waals surface area contributed by atoms with Crippen molar-refractivity contribution in [2.45, 2.75) is 64.1 Å². The Labute approximate surface area is 122 Å². The lowest BCUT2D eigenvalue weighted by Crippen LogP contribution is -2.48. The molecule has 1 aliphatic heterocycles. The monoisotopic (exact) mass is 284 g/mol. The molecule has 5 nitrogen and oxygen atoms in total. The van der Waals surface area contributed by atoms with E-state index in [1.165, 1.54) is 0 Å². The molecule has 2 rings (SSSR count). The van der Waals surface area contributed by atoms with Crippen molar-refractivity contribution in [3.8, 4) is 0 Å². The van der Waals surface area contributed by atoms with Crippen LogP contribution in [-0.2, 0) is 9.47 Å². The maximum atomic E-state index is 11.7. The van der Waals surface area contributed by atoms with Crippen LogP contribution in [0.15, 0.2) is 0 Å². The first-order valence-electron chi connectivity index (χ1n) is 7.75. The Hall–Kier alpha value is -0.810. The zero-order valence-electron chi connectivity index (χ0n) is 13.0. The summed E-state index contributed by atoms with van der Waals surface area (Å²) >= 11 is 0. The van der Waals surface area contributed by atoms with Gasteiger partial charge in [-0.25, -0.2) is 4.79 Å². The van der Waals surface area contributed by atoms with Gasteiger partial charge in [-0.15, -0.1) is 0 Å². The number of alkyl carbamates (subject to hydrolysis) is 1. The van der Waals surface area contributed by atoms with Crippen LogP contribution in [0.1, 0.15) is 46.5 Å². The van der Waals surface area contributed by atoms with Gasteiger partial charge in [-0.2, -0.15) is 0 Å². The van der Waals surface area contributed by atoms with Crippen LogP contribution in [0.25, 0.3) is 0 Å². The zero-order valence-corrected chi connectivity index (χ0v) is 13.0. The second kappa shape index (κ2) is 6.76. The number of hydrogen-bond acceptors (Lipinski definition) is 4. The Kier molecular flexibility index (Phi) is 5.27. The molecule has 0 aromatic carbocycles. The number of ether oxygens (including phenoxy) is 2. The van der Waals surface area contributed by atoms with Gasteiger partial charge in [0.05, 0.1) is 13.2 Å². The van der Waals surface area contributed by atoms with Crippen LogP contribution < -0.4 is 5.32 Å². The fourth-order valence-electron chi connectivity index (χ4n) is 3.00. The summed E-state index contributed by atoms with van der Waals surface area (Å²) in [5.74, 6) is 0. The predicted molar refractivity (Wildman–Crippen MR) is 77.8 cm³/mol. The van der Waals surface area contributed by atoms with E-state index in [1.54, 1.807) is 0 Å². The molecule has 1 heterocycles. The Balaban J connectivity index is 1.70. The highest BCUT2D eigenvalue weighted by Gasteiger charge is 2.28. The summed E-state index contributed by atoms with van der Waals surface area (Å²) in [5, 5.41) is 2.99. The van der Waals surface area contributed by atoms with Crippen molar-refractivity contribution >= 4 is 6.09 Å². The van der Waals surface area contributed by atoms with Crippen molar-refractivity contribution in [2.75, 3.05) is 26.3 Å². The summed E-state index contributed by atoms with van der Waals surface area (Å²) in [6, 6.07) is 0.928. The van der Waals surface area contributed by atoms with E-state index in [1.807, 2.05) is 20.8 Å². The second-order valence-electron chi connectivity index (χ2n) is 6.80. The zero-order chi connectivity index (χ0) is 14.6. The number of carbonyl (C=O) groups excluding carboxylic acids is 1. The molecule has 2 aliphatic rings. The fourth-order valence-corrected chi connectivity index (χ4v) is 3.00. The van der Waals surface area contributed by atoms with E-state index in [0.29, 0.717) is 6.04 Å². The Morgan fingerprint density at radius 2 is 1.75 bits per heavy atom. The molecule has 2 fully saturated rings. The quantitative estimate of drug-likeness (QED) is 0.844. The van der Waals surface area contributed by atoms with Crippen molar-refractivity contribution in [2.24, 2.45) is 0 Å². The third kappa shape index (κ3) is 4.94. The minimum atomic E-state index is -0.422. The molecule has 0 spiro atoms. The van der Waals surface area contributed by atoms with E-state index < -0.39 is 5.60 Å². The van der Waals surface area contributed by atoms with Crippen molar-refractivity contribution in [1.82, 2.24) is 10.2 Å². The Morgan fingerprint density at radius 3 is 2.30 bits per heavy atom. The molecule has 20 heavy (non-hydrogen) atoms. The molecule has 1 saturated heterocycles. The second-order valence-corrected chi connectivity index (χ2v) is 6.80. The topological polar surface area (TPSA) is 50.8 Å². The molecule has 0 aromatic heterocycles. The molecule has 0 bridgehead atoms. The van der Waals surface area contributed by atoms with Gasteiger partial charge in [-0.3, -0.25) is 4.90 Å². The van der Waals surface area contributed by atoms with Crippen LogP contribution in [0.3, 0.4) is 0 Å². The van der Waals surface area contributed by atoms with E-state index in [0.717, 1.165) is 52.0 Å². The van der Waals surface area contributed by atoms with Crippen LogP contribution in [0.2, 0.25) is 0 Å². The lowest BCUT2D eigenvalue weighted by molar-refractivity contribution is 0.00566. The van der Waals surface area contributed by atoms with Crippen LogP contribution in [-0.4, -0.2) is 55.0 Å². The minimum absolute atomic E-state index is 0.266. The molecule has 0 radical (unpaired) electrons. The summed E-state index contributed by atoms with van der Waals surface area (Å²) in [4.78, 5) is 14.3. The molecule has 0 atom stereocenters. The lowest BCUT2D eigenvalue weighted by Gasteiger charge is -2.38. The molecule has 5 heteroatoms. The highest BCUT2D eigenvalue weighted by atomic mass is 16.6. The van der Waals surface area contributed by atoms with Gasteiger partial charge in [0.15, 0.2) is 0 Å².